The highest BCUT2D eigenvalue weighted by molar-refractivity contribution is 5.94. The molecule has 2 aromatic rings. The normalized spacial score (nSPS) is 16.1. The van der Waals surface area contributed by atoms with Crippen molar-refractivity contribution in [2.45, 2.75) is 26.3 Å². The van der Waals surface area contributed by atoms with Crippen LogP contribution in [0.2, 0.25) is 0 Å². The van der Waals surface area contributed by atoms with Crippen molar-refractivity contribution in [3.05, 3.63) is 35.5 Å². The molecule has 152 valence electrons. The lowest BCUT2D eigenvalue weighted by atomic mass is 10.0. The van der Waals surface area contributed by atoms with E-state index in [2.05, 4.69) is 11.0 Å². The van der Waals surface area contributed by atoms with Gasteiger partial charge in [-0.3, -0.25) is 14.2 Å². The monoisotopic (exact) mass is 389 g/mol. The molecule has 8 heteroatoms. The van der Waals surface area contributed by atoms with Gasteiger partial charge in [-0.1, -0.05) is 6.07 Å². The number of hydrogen-bond acceptors (Lipinski definition) is 5. The van der Waals surface area contributed by atoms with Gasteiger partial charge < -0.3 is 19.6 Å². The molecule has 2 heterocycles. The molecule has 0 saturated carbocycles. The second-order valence-corrected chi connectivity index (χ2v) is 7.10. The Hall–Kier alpha value is -2.87. The van der Waals surface area contributed by atoms with Crippen molar-refractivity contribution in [1.82, 2.24) is 14.4 Å². The molecule has 1 aromatic heterocycles. The maximum Gasteiger partial charge on any atom is 0.410 e. The largest absolute Gasteiger partial charge is 0.481 e. The lowest BCUT2D eigenvalue weighted by Crippen LogP contribution is -2.22. The third kappa shape index (κ3) is 4.89. The third-order valence-electron chi connectivity index (χ3n) is 4.58. The number of fused-ring (bicyclic) bond motifs is 1. The number of carbonyl (C=O) groups excluding carboxylic acids is 2. The Morgan fingerprint density at radius 1 is 1.29 bits per heavy atom. The van der Waals surface area contributed by atoms with E-state index in [4.69, 9.17) is 14.6 Å². The average Bonchev–Trinajstić information content (AvgIpc) is 3.13. The van der Waals surface area contributed by atoms with Gasteiger partial charge in [-0.05, 0) is 43.8 Å². The molecule has 1 N–H and O–H groups in total. The second kappa shape index (κ2) is 8.88. The number of carboxylic acid groups (broad SMARTS) is 1. The molecule has 0 aliphatic carbocycles. The summed E-state index contributed by atoms with van der Waals surface area (Å²) < 4.78 is 6.82. The summed E-state index contributed by atoms with van der Waals surface area (Å²) in [5.41, 5.74) is 3.08. The first kappa shape index (κ1) is 21.4. The zero-order valence-corrected chi connectivity index (χ0v) is 16.9. The number of likely N-dealkylation sites (N-methyl/N-ethyl adjacent to an activating group) is 2. The Kier molecular flexibility index (Phi) is 6.80. The smallest absolute Gasteiger partial charge is 0.410 e. The summed E-state index contributed by atoms with van der Waals surface area (Å²) in [6, 6.07) is 5.94. The highest BCUT2D eigenvalue weighted by Gasteiger charge is 2.31. The lowest BCUT2D eigenvalue weighted by molar-refractivity contribution is -0.134. The number of amides is 1. The van der Waals surface area contributed by atoms with Crippen molar-refractivity contribution in [3.8, 4) is 0 Å². The van der Waals surface area contributed by atoms with Gasteiger partial charge in [-0.25, -0.2) is 4.79 Å². The van der Waals surface area contributed by atoms with Crippen LogP contribution in [-0.2, 0) is 16.0 Å². The number of carbonyl (C=O) groups is 3. The zero-order chi connectivity index (χ0) is 21.0. The van der Waals surface area contributed by atoms with E-state index < -0.39 is 5.97 Å². The van der Waals surface area contributed by atoms with Crippen molar-refractivity contribution in [2.24, 2.45) is 0 Å². The molecule has 0 bridgehead atoms. The fraction of sp³-hybridized carbons (Fsp3) is 0.450. The van der Waals surface area contributed by atoms with E-state index in [1.807, 2.05) is 32.4 Å². The minimum absolute atomic E-state index is 0.000323. The van der Waals surface area contributed by atoms with E-state index in [1.165, 1.54) is 0 Å². The summed E-state index contributed by atoms with van der Waals surface area (Å²) in [5.74, 6) is -0.833. The predicted molar refractivity (Wildman–Crippen MR) is 106 cm³/mol. The van der Waals surface area contributed by atoms with Crippen LogP contribution in [0.4, 0.5) is 4.79 Å². The van der Waals surface area contributed by atoms with Crippen LogP contribution in [0, 0.1) is 0 Å². The first-order valence-corrected chi connectivity index (χ1v) is 9.00. The van der Waals surface area contributed by atoms with Crippen LogP contribution in [0.5, 0.6) is 0 Å². The van der Waals surface area contributed by atoms with Crippen LogP contribution in [0.15, 0.2) is 24.4 Å². The Bertz CT molecular complexity index is 883. The summed E-state index contributed by atoms with van der Waals surface area (Å²) >= 11 is 0. The molecule has 1 fully saturated rings. The first-order valence-electron chi connectivity index (χ1n) is 9.00. The van der Waals surface area contributed by atoms with Gasteiger partial charge in [-0.2, -0.15) is 0 Å². The minimum atomic E-state index is -0.833. The molecule has 8 nitrogen and oxygen atoms in total. The number of rotatable bonds is 4. The molecule has 1 aliphatic rings. The van der Waals surface area contributed by atoms with E-state index >= 15 is 0 Å². The molecule has 1 aliphatic heterocycles. The highest BCUT2D eigenvalue weighted by atomic mass is 16.6. The number of ether oxygens (including phenoxy) is 1. The van der Waals surface area contributed by atoms with Gasteiger partial charge in [0, 0.05) is 39.0 Å². The Labute approximate surface area is 164 Å². The summed E-state index contributed by atoms with van der Waals surface area (Å²) in [6.45, 7) is 3.92. The maximum atomic E-state index is 11.9. The summed E-state index contributed by atoms with van der Waals surface area (Å²) in [6.07, 6.45) is 2.50. The van der Waals surface area contributed by atoms with Gasteiger partial charge in [-0.15, -0.1) is 0 Å². The fourth-order valence-corrected chi connectivity index (χ4v) is 3.14. The van der Waals surface area contributed by atoms with E-state index in [0.717, 1.165) is 41.9 Å². The molecule has 1 saturated heterocycles. The first-order chi connectivity index (χ1) is 13.1. The van der Waals surface area contributed by atoms with Crippen LogP contribution in [0.3, 0.4) is 0 Å². The number of carboxylic acids is 1. The Balaban J connectivity index is 0.000000640. The van der Waals surface area contributed by atoms with Crippen molar-refractivity contribution in [2.75, 3.05) is 34.3 Å². The molecule has 1 unspecified atom stereocenters. The molecule has 0 spiro atoms. The van der Waals surface area contributed by atoms with Crippen molar-refractivity contribution < 1.29 is 24.2 Å². The Morgan fingerprint density at radius 2 is 1.93 bits per heavy atom. The van der Waals surface area contributed by atoms with E-state index in [-0.39, 0.29) is 18.0 Å². The third-order valence-corrected chi connectivity index (χ3v) is 4.58. The van der Waals surface area contributed by atoms with Crippen molar-refractivity contribution in [1.29, 1.82) is 0 Å². The lowest BCUT2D eigenvalue weighted by Gasteiger charge is -2.16. The molecular weight excluding hydrogens is 362 g/mol. The molecule has 3 rings (SSSR count). The second-order valence-electron chi connectivity index (χ2n) is 7.10. The van der Waals surface area contributed by atoms with Crippen LogP contribution < -0.4 is 0 Å². The van der Waals surface area contributed by atoms with Gasteiger partial charge in [0.2, 0.25) is 5.91 Å². The summed E-state index contributed by atoms with van der Waals surface area (Å²) in [7, 11) is 5.82. The van der Waals surface area contributed by atoms with Crippen LogP contribution in [0.1, 0.15) is 35.8 Å². The van der Waals surface area contributed by atoms with Crippen LogP contribution >= 0.6 is 0 Å². The molecule has 28 heavy (non-hydrogen) atoms. The molecule has 0 radical (unpaired) electrons. The molecule has 1 amide bonds. The van der Waals surface area contributed by atoms with Crippen molar-refractivity contribution in [3.63, 3.8) is 0 Å². The van der Waals surface area contributed by atoms with Gasteiger partial charge >= 0.3 is 6.09 Å². The summed E-state index contributed by atoms with van der Waals surface area (Å²) in [4.78, 5) is 36.3. The number of hydrogen-bond donors (Lipinski definition) is 1. The summed E-state index contributed by atoms with van der Waals surface area (Å²) in [5, 5.41) is 8.48. The topological polar surface area (TPSA) is 92.1 Å². The fourth-order valence-electron chi connectivity index (χ4n) is 3.14. The SMILES string of the molecule is CC(=O)O.CC(=O)n1cc(CCN(C)C)c2cc(C3COC(=O)N3C)ccc21. The van der Waals surface area contributed by atoms with Gasteiger partial charge in [0.1, 0.15) is 6.61 Å². The number of aromatic nitrogens is 1. The standard InChI is InChI=1S/C18H23N3O3.C2H4O2/c1-12(22)21-10-14(7-8-19(2)3)15-9-13(5-6-16(15)21)17-11-24-18(23)20(17)4;1-2(3)4/h5-6,9-10,17H,7-8,11H2,1-4H3;1H3,(H,3,4). The number of cyclic esters (lactones) is 1. The average molecular weight is 389 g/mol. The zero-order valence-electron chi connectivity index (χ0n) is 16.9. The van der Waals surface area contributed by atoms with E-state index in [1.54, 1.807) is 23.4 Å². The van der Waals surface area contributed by atoms with E-state index in [9.17, 15) is 9.59 Å². The Morgan fingerprint density at radius 3 is 2.43 bits per heavy atom. The van der Waals surface area contributed by atoms with Crippen LogP contribution in [-0.4, -0.2) is 71.7 Å². The van der Waals surface area contributed by atoms with Gasteiger partial charge in [0.25, 0.3) is 5.97 Å². The minimum Gasteiger partial charge on any atom is -0.481 e. The highest BCUT2D eigenvalue weighted by Crippen LogP contribution is 2.31. The number of benzene rings is 1. The maximum absolute atomic E-state index is 11.9. The van der Waals surface area contributed by atoms with Crippen LogP contribution in [0.25, 0.3) is 10.9 Å². The molecule has 1 atom stereocenters. The number of aliphatic carboxylic acids is 1. The van der Waals surface area contributed by atoms with E-state index in [0.29, 0.717) is 6.61 Å². The quantitative estimate of drug-likeness (QED) is 0.864. The van der Waals surface area contributed by atoms with Crippen molar-refractivity contribution >= 4 is 28.9 Å². The molecule has 1 aromatic carbocycles. The molecular formula is C20H27N3O5. The number of nitrogens with zero attached hydrogens (tertiary/aromatic N) is 3. The van der Waals surface area contributed by atoms with Gasteiger partial charge in [0.05, 0.1) is 11.6 Å². The van der Waals surface area contributed by atoms with Gasteiger partial charge in [0.15, 0.2) is 0 Å². The predicted octanol–water partition coefficient (Wildman–Crippen LogP) is 2.62.